The van der Waals surface area contributed by atoms with Crippen molar-refractivity contribution in [2.24, 2.45) is 11.1 Å². The van der Waals surface area contributed by atoms with Crippen LogP contribution in [0.3, 0.4) is 0 Å². The van der Waals surface area contributed by atoms with Gasteiger partial charge >= 0.3 is 0 Å². The minimum absolute atomic E-state index is 0.257. The standard InChI is InChI=1S/C13H16N2O2/c1-16-10-4-3-9(7-11(10)17-2)12(15)13(8-14)5-6-13/h3-4,7,12H,5-6,15H2,1-2H3. The van der Waals surface area contributed by atoms with E-state index in [2.05, 4.69) is 6.07 Å². The summed E-state index contributed by atoms with van der Waals surface area (Å²) in [4.78, 5) is 0. The Morgan fingerprint density at radius 3 is 2.41 bits per heavy atom. The summed E-state index contributed by atoms with van der Waals surface area (Å²) >= 11 is 0. The van der Waals surface area contributed by atoms with E-state index in [4.69, 9.17) is 20.5 Å². The summed E-state index contributed by atoms with van der Waals surface area (Å²) in [6, 6.07) is 7.62. The molecule has 1 saturated carbocycles. The third kappa shape index (κ3) is 1.94. The van der Waals surface area contributed by atoms with E-state index < -0.39 is 0 Å². The van der Waals surface area contributed by atoms with Crippen LogP contribution in [0, 0.1) is 16.7 Å². The molecule has 1 aliphatic carbocycles. The lowest BCUT2D eigenvalue weighted by Gasteiger charge is -2.18. The van der Waals surface area contributed by atoms with E-state index in [1.54, 1.807) is 14.2 Å². The van der Waals surface area contributed by atoms with Gasteiger partial charge in [-0.1, -0.05) is 6.07 Å². The van der Waals surface area contributed by atoms with Crippen molar-refractivity contribution in [2.45, 2.75) is 18.9 Å². The third-order valence-electron chi connectivity index (χ3n) is 3.37. The van der Waals surface area contributed by atoms with Gasteiger partial charge in [0, 0.05) is 6.04 Å². The Morgan fingerprint density at radius 1 is 1.29 bits per heavy atom. The summed E-state index contributed by atoms with van der Waals surface area (Å²) in [6.07, 6.45) is 1.75. The second-order valence-electron chi connectivity index (χ2n) is 4.36. The molecule has 2 rings (SSSR count). The van der Waals surface area contributed by atoms with Gasteiger partial charge in [-0.05, 0) is 30.5 Å². The molecule has 2 N–H and O–H groups in total. The number of hydrogen-bond acceptors (Lipinski definition) is 4. The van der Waals surface area contributed by atoms with Crippen LogP contribution in [0.15, 0.2) is 18.2 Å². The maximum atomic E-state index is 9.13. The number of nitrogens with zero attached hydrogens (tertiary/aromatic N) is 1. The largest absolute Gasteiger partial charge is 0.493 e. The highest BCUT2D eigenvalue weighted by molar-refractivity contribution is 5.45. The van der Waals surface area contributed by atoms with E-state index >= 15 is 0 Å². The van der Waals surface area contributed by atoms with Gasteiger partial charge in [0.15, 0.2) is 11.5 Å². The van der Waals surface area contributed by atoms with Crippen LogP contribution in [0.25, 0.3) is 0 Å². The van der Waals surface area contributed by atoms with Crippen LogP contribution >= 0.6 is 0 Å². The first-order valence-electron chi connectivity index (χ1n) is 5.55. The van der Waals surface area contributed by atoms with Gasteiger partial charge in [-0.25, -0.2) is 0 Å². The molecule has 90 valence electrons. The van der Waals surface area contributed by atoms with E-state index in [1.165, 1.54) is 0 Å². The highest BCUT2D eigenvalue weighted by Crippen LogP contribution is 2.53. The van der Waals surface area contributed by atoms with Gasteiger partial charge in [-0.2, -0.15) is 5.26 Å². The minimum Gasteiger partial charge on any atom is -0.493 e. The third-order valence-corrected chi connectivity index (χ3v) is 3.37. The van der Waals surface area contributed by atoms with Crippen molar-refractivity contribution in [1.29, 1.82) is 5.26 Å². The SMILES string of the molecule is COc1ccc(C(N)C2(C#N)CC2)cc1OC. The summed E-state index contributed by atoms with van der Waals surface area (Å²) in [5.41, 5.74) is 6.68. The van der Waals surface area contributed by atoms with Crippen LogP contribution < -0.4 is 15.2 Å². The Bertz CT molecular complexity index is 461. The molecule has 0 spiro atoms. The van der Waals surface area contributed by atoms with Crippen LogP contribution in [-0.2, 0) is 0 Å². The lowest BCUT2D eigenvalue weighted by atomic mass is 9.92. The van der Waals surface area contributed by atoms with Gasteiger partial charge in [0.2, 0.25) is 0 Å². The summed E-state index contributed by atoms with van der Waals surface area (Å²) in [7, 11) is 3.18. The summed E-state index contributed by atoms with van der Waals surface area (Å²) < 4.78 is 10.4. The van der Waals surface area contributed by atoms with Crippen LogP contribution in [0.1, 0.15) is 24.4 Å². The molecule has 4 nitrogen and oxygen atoms in total. The van der Waals surface area contributed by atoms with Crippen molar-refractivity contribution >= 4 is 0 Å². The summed E-state index contributed by atoms with van der Waals surface area (Å²) in [5.74, 6) is 1.32. The molecule has 1 aromatic rings. The van der Waals surface area contributed by atoms with E-state index in [9.17, 15) is 0 Å². The second-order valence-corrected chi connectivity index (χ2v) is 4.36. The number of benzene rings is 1. The molecular formula is C13H16N2O2. The average molecular weight is 232 g/mol. The molecule has 17 heavy (non-hydrogen) atoms. The van der Waals surface area contributed by atoms with E-state index in [0.29, 0.717) is 11.5 Å². The van der Waals surface area contributed by atoms with Crippen LogP contribution in [-0.4, -0.2) is 14.2 Å². The molecule has 1 atom stereocenters. The average Bonchev–Trinajstić information content (AvgIpc) is 3.18. The van der Waals surface area contributed by atoms with Crippen molar-refractivity contribution in [2.75, 3.05) is 14.2 Å². The van der Waals surface area contributed by atoms with Gasteiger partial charge in [0.25, 0.3) is 0 Å². The van der Waals surface area contributed by atoms with E-state index in [-0.39, 0.29) is 11.5 Å². The quantitative estimate of drug-likeness (QED) is 0.862. The molecule has 1 aromatic carbocycles. The zero-order chi connectivity index (χ0) is 12.5. The van der Waals surface area contributed by atoms with Gasteiger partial charge in [-0.3, -0.25) is 0 Å². The topological polar surface area (TPSA) is 68.3 Å². The maximum Gasteiger partial charge on any atom is 0.161 e. The first-order chi connectivity index (χ1) is 8.16. The predicted octanol–water partition coefficient (Wildman–Crippen LogP) is 2.01. The van der Waals surface area contributed by atoms with Crippen LogP contribution in [0.2, 0.25) is 0 Å². The Hall–Kier alpha value is -1.73. The molecule has 1 fully saturated rings. The first kappa shape index (κ1) is 11.7. The molecule has 0 radical (unpaired) electrons. The lowest BCUT2D eigenvalue weighted by Crippen LogP contribution is -2.21. The zero-order valence-electron chi connectivity index (χ0n) is 10.1. The van der Waals surface area contributed by atoms with Gasteiger partial charge in [0.1, 0.15) is 0 Å². The fourth-order valence-electron chi connectivity index (χ4n) is 1.99. The maximum absolute atomic E-state index is 9.13. The van der Waals surface area contributed by atoms with Crippen molar-refractivity contribution in [3.8, 4) is 17.6 Å². The highest BCUT2D eigenvalue weighted by Gasteiger charge is 2.49. The zero-order valence-corrected chi connectivity index (χ0v) is 10.1. The number of nitrogens with two attached hydrogens (primary N) is 1. The molecule has 0 heterocycles. The first-order valence-corrected chi connectivity index (χ1v) is 5.55. The van der Waals surface area contributed by atoms with Gasteiger partial charge in [0.05, 0.1) is 25.7 Å². The molecule has 4 heteroatoms. The Labute approximate surface area is 101 Å². The summed E-state index contributed by atoms with van der Waals surface area (Å²) in [5, 5.41) is 9.13. The van der Waals surface area contributed by atoms with Gasteiger partial charge in [-0.15, -0.1) is 0 Å². The number of ether oxygens (including phenoxy) is 2. The van der Waals surface area contributed by atoms with Crippen LogP contribution in [0.4, 0.5) is 0 Å². The number of rotatable bonds is 4. The van der Waals surface area contributed by atoms with E-state index in [1.807, 2.05) is 18.2 Å². The molecule has 0 amide bonds. The molecular weight excluding hydrogens is 216 g/mol. The van der Waals surface area contributed by atoms with Gasteiger partial charge < -0.3 is 15.2 Å². The molecule has 0 aliphatic heterocycles. The predicted molar refractivity (Wildman–Crippen MR) is 63.8 cm³/mol. The highest BCUT2D eigenvalue weighted by atomic mass is 16.5. The fourth-order valence-corrected chi connectivity index (χ4v) is 1.99. The molecule has 1 unspecified atom stereocenters. The normalized spacial score (nSPS) is 18.0. The Morgan fingerprint density at radius 2 is 1.94 bits per heavy atom. The van der Waals surface area contributed by atoms with Crippen molar-refractivity contribution in [3.05, 3.63) is 23.8 Å². The van der Waals surface area contributed by atoms with E-state index in [0.717, 1.165) is 18.4 Å². The number of methoxy groups -OCH3 is 2. The Balaban J connectivity index is 2.31. The summed E-state index contributed by atoms with van der Waals surface area (Å²) in [6.45, 7) is 0. The smallest absolute Gasteiger partial charge is 0.161 e. The Kier molecular flexibility index (Phi) is 2.95. The molecule has 0 bridgehead atoms. The molecule has 1 aliphatic rings. The van der Waals surface area contributed by atoms with Crippen molar-refractivity contribution in [1.82, 2.24) is 0 Å². The molecule has 0 saturated heterocycles. The monoisotopic (exact) mass is 232 g/mol. The number of hydrogen-bond donors (Lipinski definition) is 1. The van der Waals surface area contributed by atoms with Crippen LogP contribution in [0.5, 0.6) is 11.5 Å². The lowest BCUT2D eigenvalue weighted by molar-refractivity contribution is 0.353. The number of nitriles is 1. The second kappa shape index (κ2) is 4.27. The van der Waals surface area contributed by atoms with Crippen molar-refractivity contribution in [3.63, 3.8) is 0 Å². The minimum atomic E-state index is -0.375. The van der Waals surface area contributed by atoms with Crippen molar-refractivity contribution < 1.29 is 9.47 Å². The fraction of sp³-hybridized carbons (Fsp3) is 0.462. The molecule has 0 aromatic heterocycles.